The van der Waals surface area contributed by atoms with Gasteiger partial charge >= 0.3 is 0 Å². The molecule has 2 aliphatic heterocycles. The van der Waals surface area contributed by atoms with Crippen LogP contribution < -0.4 is 19.3 Å². The minimum Gasteiger partial charge on any atom is -0.453 e. The monoisotopic (exact) mass is 693 g/mol. The molecule has 54 heavy (non-hydrogen) atoms. The predicted octanol–water partition coefficient (Wildman–Crippen LogP) is 13.9. The lowest BCUT2D eigenvalue weighted by Gasteiger charge is -2.33. The number of pyridine rings is 1. The summed E-state index contributed by atoms with van der Waals surface area (Å²) in [6.45, 7) is 0. The summed E-state index contributed by atoms with van der Waals surface area (Å²) in [5.41, 5.74) is 10.6. The number of nitrogens with zero attached hydrogens (tertiary/aromatic N) is 3. The maximum Gasteiger partial charge on any atom is 0.151 e. The molecule has 0 amide bonds. The fraction of sp³-hybridized carbons (Fsp3) is 0. The summed E-state index contributed by atoms with van der Waals surface area (Å²) in [6, 6.07) is 61.4. The minimum atomic E-state index is 0.811. The number of benzene rings is 8. The van der Waals surface area contributed by atoms with Gasteiger partial charge in [-0.15, -0.1) is 0 Å². The second kappa shape index (κ2) is 12.1. The van der Waals surface area contributed by atoms with Crippen LogP contribution in [-0.2, 0) is 0 Å². The summed E-state index contributed by atoms with van der Waals surface area (Å²) in [5.74, 6) is 3.29. The minimum absolute atomic E-state index is 0.811. The maximum absolute atomic E-state index is 6.51. The number of ether oxygens (including phenoxy) is 2. The van der Waals surface area contributed by atoms with Gasteiger partial charge in [0.2, 0.25) is 0 Å². The van der Waals surface area contributed by atoms with Gasteiger partial charge in [0, 0.05) is 29.2 Å². The van der Waals surface area contributed by atoms with E-state index in [1.807, 2.05) is 42.7 Å². The van der Waals surface area contributed by atoms with E-state index in [0.29, 0.717) is 0 Å². The lowest BCUT2D eigenvalue weighted by atomic mass is 9.86. The van der Waals surface area contributed by atoms with Crippen LogP contribution in [0.25, 0.3) is 43.8 Å². The van der Waals surface area contributed by atoms with Crippen molar-refractivity contribution in [3.8, 4) is 45.3 Å². The molecular formula is C49H31N3O2. The van der Waals surface area contributed by atoms with Crippen LogP contribution in [0.4, 0.5) is 34.1 Å². The highest BCUT2D eigenvalue weighted by Crippen LogP contribution is 2.54. The Morgan fingerprint density at radius 1 is 0.352 bits per heavy atom. The van der Waals surface area contributed by atoms with Crippen LogP contribution in [-0.4, -0.2) is 4.98 Å². The number of para-hydroxylation sites is 6. The molecule has 0 fully saturated rings. The van der Waals surface area contributed by atoms with Crippen LogP contribution in [0.15, 0.2) is 188 Å². The molecule has 0 aliphatic carbocycles. The highest BCUT2D eigenvalue weighted by molar-refractivity contribution is 6.21. The van der Waals surface area contributed by atoms with Gasteiger partial charge in [0.05, 0.1) is 22.7 Å². The summed E-state index contributed by atoms with van der Waals surface area (Å²) in [6.07, 6.45) is 3.90. The van der Waals surface area contributed by atoms with Gasteiger partial charge in [-0.3, -0.25) is 4.98 Å². The zero-order chi connectivity index (χ0) is 35.6. The molecule has 0 N–H and O–H groups in total. The Morgan fingerprint density at radius 2 is 0.778 bits per heavy atom. The first kappa shape index (κ1) is 30.3. The zero-order valence-corrected chi connectivity index (χ0v) is 29.1. The predicted molar refractivity (Wildman–Crippen MR) is 220 cm³/mol. The second-order valence-electron chi connectivity index (χ2n) is 13.6. The average Bonchev–Trinajstić information content (AvgIpc) is 3.24. The molecule has 8 aromatic carbocycles. The Balaban J connectivity index is 1.13. The Morgan fingerprint density at radius 3 is 1.31 bits per heavy atom. The standard InChI is InChI=1S/C49H31N3O2/c1-3-13-34(14-4-1)51-40-19-9-11-21-44(40)53-46-25-23-32(29-42(46)51)48-36-17-7-8-18-37(36)49(39-31-50-28-27-38(39)48)33-24-26-47-43(30-33)52(35-15-5-2-6-16-35)41-20-10-12-22-45(41)54-47/h1-31H. The van der Waals surface area contributed by atoms with Crippen molar-refractivity contribution in [3.63, 3.8) is 0 Å². The van der Waals surface area contributed by atoms with Crippen molar-refractivity contribution in [3.05, 3.63) is 188 Å². The summed E-state index contributed by atoms with van der Waals surface area (Å²) < 4.78 is 13.0. The van der Waals surface area contributed by atoms with Gasteiger partial charge in [-0.25, -0.2) is 0 Å². The lowest BCUT2D eigenvalue weighted by molar-refractivity contribution is 0.477. The first-order valence-electron chi connectivity index (χ1n) is 18.1. The smallest absolute Gasteiger partial charge is 0.151 e. The molecule has 5 nitrogen and oxygen atoms in total. The number of hydrogen-bond donors (Lipinski definition) is 0. The van der Waals surface area contributed by atoms with E-state index in [-0.39, 0.29) is 0 Å². The highest BCUT2D eigenvalue weighted by Gasteiger charge is 2.29. The van der Waals surface area contributed by atoms with Crippen molar-refractivity contribution in [1.82, 2.24) is 4.98 Å². The van der Waals surface area contributed by atoms with Crippen LogP contribution in [0.2, 0.25) is 0 Å². The summed E-state index contributed by atoms with van der Waals surface area (Å²) in [5, 5.41) is 4.51. The first-order chi connectivity index (χ1) is 26.8. The molecule has 9 aromatic rings. The van der Waals surface area contributed by atoms with Crippen LogP contribution in [0, 0.1) is 0 Å². The van der Waals surface area contributed by atoms with E-state index < -0.39 is 0 Å². The van der Waals surface area contributed by atoms with Crippen molar-refractivity contribution < 1.29 is 9.47 Å². The Bertz CT molecular complexity index is 2650. The normalized spacial score (nSPS) is 12.7. The Kier molecular flexibility index (Phi) is 6.79. The van der Waals surface area contributed by atoms with Crippen LogP contribution in [0.5, 0.6) is 23.0 Å². The summed E-state index contributed by atoms with van der Waals surface area (Å²) >= 11 is 0. The molecule has 0 unspecified atom stereocenters. The third kappa shape index (κ3) is 4.69. The second-order valence-corrected chi connectivity index (χ2v) is 13.6. The molecule has 5 heteroatoms. The van der Waals surface area contributed by atoms with Crippen molar-refractivity contribution >= 4 is 55.7 Å². The fourth-order valence-corrected chi connectivity index (χ4v) is 8.17. The number of fused-ring (bicyclic) bond motifs is 6. The molecule has 2 aliphatic rings. The molecule has 0 atom stereocenters. The largest absolute Gasteiger partial charge is 0.453 e. The fourth-order valence-electron chi connectivity index (χ4n) is 8.17. The van der Waals surface area contributed by atoms with Crippen molar-refractivity contribution in [2.75, 3.05) is 9.80 Å². The Hall–Kier alpha value is -7.37. The summed E-state index contributed by atoms with van der Waals surface area (Å²) in [7, 11) is 0. The van der Waals surface area contributed by atoms with E-state index in [9.17, 15) is 0 Å². The molecule has 254 valence electrons. The van der Waals surface area contributed by atoms with Gasteiger partial charge < -0.3 is 19.3 Å². The van der Waals surface area contributed by atoms with E-state index in [0.717, 1.165) is 101 Å². The van der Waals surface area contributed by atoms with Gasteiger partial charge in [-0.1, -0.05) is 97.1 Å². The van der Waals surface area contributed by atoms with E-state index in [1.54, 1.807) is 0 Å². The number of aromatic nitrogens is 1. The maximum atomic E-state index is 6.51. The lowest BCUT2D eigenvalue weighted by Crippen LogP contribution is -2.15. The zero-order valence-electron chi connectivity index (χ0n) is 29.1. The molecule has 11 rings (SSSR count). The molecule has 0 spiro atoms. The van der Waals surface area contributed by atoms with Crippen LogP contribution >= 0.6 is 0 Å². The quantitative estimate of drug-likeness (QED) is 0.172. The average molecular weight is 694 g/mol. The topological polar surface area (TPSA) is 37.8 Å². The summed E-state index contributed by atoms with van der Waals surface area (Å²) in [4.78, 5) is 9.29. The van der Waals surface area contributed by atoms with E-state index >= 15 is 0 Å². The Labute approximate surface area is 312 Å². The van der Waals surface area contributed by atoms with Crippen molar-refractivity contribution in [1.29, 1.82) is 0 Å². The van der Waals surface area contributed by atoms with Gasteiger partial charge in [-0.2, -0.15) is 0 Å². The number of anilines is 6. The van der Waals surface area contributed by atoms with E-state index in [2.05, 4.69) is 155 Å². The van der Waals surface area contributed by atoms with E-state index in [4.69, 9.17) is 14.5 Å². The number of rotatable bonds is 4. The number of hydrogen-bond acceptors (Lipinski definition) is 5. The molecule has 1 aromatic heterocycles. The van der Waals surface area contributed by atoms with Gasteiger partial charge in [0.25, 0.3) is 0 Å². The highest BCUT2D eigenvalue weighted by atomic mass is 16.5. The van der Waals surface area contributed by atoms with Gasteiger partial charge in [-0.05, 0) is 117 Å². The third-order valence-electron chi connectivity index (χ3n) is 10.5. The molecule has 0 radical (unpaired) electrons. The first-order valence-corrected chi connectivity index (χ1v) is 18.1. The molecular weight excluding hydrogens is 663 g/mol. The van der Waals surface area contributed by atoms with Gasteiger partial charge in [0.1, 0.15) is 0 Å². The molecule has 3 heterocycles. The van der Waals surface area contributed by atoms with E-state index in [1.165, 1.54) is 0 Å². The van der Waals surface area contributed by atoms with Crippen molar-refractivity contribution in [2.24, 2.45) is 0 Å². The van der Waals surface area contributed by atoms with Crippen LogP contribution in [0.3, 0.4) is 0 Å². The van der Waals surface area contributed by atoms with Crippen LogP contribution in [0.1, 0.15) is 0 Å². The van der Waals surface area contributed by atoms with Crippen molar-refractivity contribution in [2.45, 2.75) is 0 Å². The molecule has 0 bridgehead atoms. The SMILES string of the molecule is c1ccc(N2c3ccccc3Oc3ccc(-c4c5ccccc5c(-c5ccc6c(c5)N(c5ccccc5)c5ccccc5O6)c5cnccc45)cc32)cc1. The molecule has 0 saturated heterocycles. The molecule has 0 saturated carbocycles. The van der Waals surface area contributed by atoms with Gasteiger partial charge in [0.15, 0.2) is 23.0 Å². The third-order valence-corrected chi connectivity index (χ3v) is 10.5.